The third-order valence-corrected chi connectivity index (χ3v) is 6.34. The largest absolute Gasteiger partial charge is 0.497 e. The van der Waals surface area contributed by atoms with Gasteiger partial charge in [0.05, 0.1) is 20.3 Å². The van der Waals surface area contributed by atoms with Crippen molar-refractivity contribution in [2.45, 2.75) is 39.2 Å². The molecule has 1 aliphatic heterocycles. The van der Waals surface area contributed by atoms with Gasteiger partial charge < -0.3 is 19.7 Å². The number of halogens is 1. The molecule has 0 aliphatic carbocycles. The van der Waals surface area contributed by atoms with E-state index in [2.05, 4.69) is 24.1 Å². The van der Waals surface area contributed by atoms with Gasteiger partial charge in [-0.15, -0.1) is 0 Å². The first kappa shape index (κ1) is 24.1. The van der Waals surface area contributed by atoms with Crippen LogP contribution in [0, 0.1) is 17.7 Å². The zero-order valence-electron chi connectivity index (χ0n) is 19.6. The number of amides is 1. The Morgan fingerprint density at radius 3 is 2.38 bits per heavy atom. The maximum Gasteiger partial charge on any atom is 0.223 e. The summed E-state index contributed by atoms with van der Waals surface area (Å²) in [6.45, 7) is 6.86. The first-order chi connectivity index (χ1) is 15.4. The van der Waals surface area contributed by atoms with E-state index in [0.717, 1.165) is 61.5 Å². The number of ether oxygens (including phenoxy) is 2. The zero-order valence-corrected chi connectivity index (χ0v) is 19.6. The van der Waals surface area contributed by atoms with Gasteiger partial charge >= 0.3 is 0 Å². The lowest BCUT2D eigenvalue weighted by Crippen LogP contribution is -2.43. The van der Waals surface area contributed by atoms with Crippen molar-refractivity contribution in [2.75, 3.05) is 33.9 Å². The quantitative estimate of drug-likeness (QED) is 0.616. The maximum absolute atomic E-state index is 13.3. The van der Waals surface area contributed by atoms with E-state index in [1.54, 1.807) is 26.4 Å². The van der Waals surface area contributed by atoms with Crippen LogP contribution in [-0.4, -0.2) is 44.7 Å². The first-order valence-corrected chi connectivity index (χ1v) is 11.4. The molecule has 1 fully saturated rings. The van der Waals surface area contributed by atoms with Gasteiger partial charge in [-0.2, -0.15) is 0 Å². The van der Waals surface area contributed by atoms with E-state index in [-0.39, 0.29) is 29.6 Å². The van der Waals surface area contributed by atoms with Crippen molar-refractivity contribution < 1.29 is 18.7 Å². The molecule has 1 heterocycles. The molecule has 6 heteroatoms. The average Bonchev–Trinajstić information content (AvgIpc) is 2.81. The van der Waals surface area contributed by atoms with Gasteiger partial charge in [-0.3, -0.25) is 4.79 Å². The van der Waals surface area contributed by atoms with E-state index in [0.29, 0.717) is 0 Å². The van der Waals surface area contributed by atoms with Gasteiger partial charge in [-0.05, 0) is 79.7 Å². The molecular weight excluding hydrogens is 407 g/mol. The Kier molecular flexibility index (Phi) is 8.51. The van der Waals surface area contributed by atoms with Crippen LogP contribution in [-0.2, 0) is 11.2 Å². The fourth-order valence-corrected chi connectivity index (χ4v) is 4.35. The SMILES string of the molecule is COc1ccc(OC)c(CCN2CCC(C(=O)N[C@@H](c3ccc(F)cc3)C(C)C)CC2)c1. The van der Waals surface area contributed by atoms with E-state index < -0.39 is 0 Å². The molecule has 5 nitrogen and oxygen atoms in total. The number of nitrogens with zero attached hydrogens (tertiary/aromatic N) is 1. The van der Waals surface area contributed by atoms with Crippen molar-refractivity contribution in [1.29, 1.82) is 0 Å². The summed E-state index contributed by atoms with van der Waals surface area (Å²) in [6, 6.07) is 12.2. The van der Waals surface area contributed by atoms with Crippen LogP contribution in [0.3, 0.4) is 0 Å². The van der Waals surface area contributed by atoms with Crippen LogP contribution >= 0.6 is 0 Å². The molecule has 0 saturated carbocycles. The van der Waals surface area contributed by atoms with Crippen molar-refractivity contribution in [1.82, 2.24) is 10.2 Å². The third kappa shape index (κ3) is 6.22. The molecule has 0 bridgehead atoms. The van der Waals surface area contributed by atoms with Crippen molar-refractivity contribution in [2.24, 2.45) is 11.8 Å². The van der Waals surface area contributed by atoms with Gasteiger partial charge in [0.15, 0.2) is 0 Å². The Hall–Kier alpha value is -2.60. The van der Waals surface area contributed by atoms with Crippen LogP contribution in [0.15, 0.2) is 42.5 Å². The predicted octanol–water partition coefficient (Wildman–Crippen LogP) is 4.61. The molecule has 2 aromatic carbocycles. The molecule has 32 heavy (non-hydrogen) atoms. The standard InChI is InChI=1S/C26H35FN2O3/c1-18(2)25(19-5-7-22(27)8-6-19)28-26(30)20-11-14-29(15-12-20)16-13-21-17-23(31-3)9-10-24(21)32-4/h5-10,17-18,20,25H,11-16H2,1-4H3,(H,28,30)/t25-/m1/s1. The van der Waals surface area contributed by atoms with Gasteiger partial charge in [0, 0.05) is 12.5 Å². The molecule has 1 saturated heterocycles. The average molecular weight is 443 g/mol. The molecule has 1 aliphatic rings. The minimum Gasteiger partial charge on any atom is -0.497 e. The minimum atomic E-state index is -0.262. The molecular formula is C26H35FN2O3. The van der Waals surface area contributed by atoms with E-state index in [4.69, 9.17) is 9.47 Å². The second-order valence-corrected chi connectivity index (χ2v) is 8.83. The highest BCUT2D eigenvalue weighted by Crippen LogP contribution is 2.27. The van der Waals surface area contributed by atoms with Crippen LogP contribution in [0.2, 0.25) is 0 Å². The highest BCUT2D eigenvalue weighted by Gasteiger charge is 2.28. The van der Waals surface area contributed by atoms with Crippen LogP contribution < -0.4 is 14.8 Å². The minimum absolute atomic E-state index is 0.0132. The highest BCUT2D eigenvalue weighted by molar-refractivity contribution is 5.79. The molecule has 2 aromatic rings. The number of methoxy groups -OCH3 is 2. The molecule has 174 valence electrons. The lowest BCUT2D eigenvalue weighted by molar-refractivity contribution is -0.127. The van der Waals surface area contributed by atoms with E-state index >= 15 is 0 Å². The lowest BCUT2D eigenvalue weighted by Gasteiger charge is -2.33. The number of carbonyl (C=O) groups excluding carboxylic acids is 1. The molecule has 0 aromatic heterocycles. The second-order valence-electron chi connectivity index (χ2n) is 8.83. The van der Waals surface area contributed by atoms with Gasteiger partial charge in [-0.1, -0.05) is 26.0 Å². The van der Waals surface area contributed by atoms with Crippen LogP contribution in [0.4, 0.5) is 4.39 Å². The maximum atomic E-state index is 13.3. The summed E-state index contributed by atoms with van der Waals surface area (Å²) >= 11 is 0. The van der Waals surface area contributed by atoms with Crippen molar-refractivity contribution in [3.05, 3.63) is 59.4 Å². The predicted molar refractivity (Wildman–Crippen MR) is 125 cm³/mol. The molecule has 3 rings (SSSR count). The number of nitrogens with one attached hydrogen (secondary N) is 1. The Morgan fingerprint density at radius 2 is 1.78 bits per heavy atom. The lowest BCUT2D eigenvalue weighted by atomic mass is 9.92. The monoisotopic (exact) mass is 442 g/mol. The number of likely N-dealkylation sites (tertiary alicyclic amines) is 1. The Labute approximate surface area is 190 Å². The Morgan fingerprint density at radius 1 is 1.09 bits per heavy atom. The molecule has 0 radical (unpaired) electrons. The molecule has 0 unspecified atom stereocenters. The van der Waals surface area contributed by atoms with Crippen molar-refractivity contribution >= 4 is 5.91 Å². The number of hydrogen-bond donors (Lipinski definition) is 1. The normalized spacial score (nSPS) is 16.1. The molecule has 1 atom stereocenters. The summed E-state index contributed by atoms with van der Waals surface area (Å²) in [6.07, 6.45) is 2.56. The van der Waals surface area contributed by atoms with E-state index in [1.165, 1.54) is 12.1 Å². The van der Waals surface area contributed by atoms with Gasteiger partial charge in [-0.25, -0.2) is 4.39 Å². The van der Waals surface area contributed by atoms with Gasteiger partial charge in [0.25, 0.3) is 0 Å². The van der Waals surface area contributed by atoms with Crippen molar-refractivity contribution in [3.8, 4) is 11.5 Å². The highest BCUT2D eigenvalue weighted by atomic mass is 19.1. The summed E-state index contributed by atoms with van der Waals surface area (Å²) in [5, 5.41) is 3.21. The number of hydrogen-bond acceptors (Lipinski definition) is 4. The number of rotatable bonds is 9. The van der Waals surface area contributed by atoms with E-state index in [1.807, 2.05) is 18.2 Å². The molecule has 1 N–H and O–H groups in total. The summed E-state index contributed by atoms with van der Waals surface area (Å²) in [4.78, 5) is 15.4. The van der Waals surface area contributed by atoms with Crippen LogP contribution in [0.5, 0.6) is 11.5 Å². The number of benzene rings is 2. The second kappa shape index (κ2) is 11.3. The van der Waals surface area contributed by atoms with Crippen LogP contribution in [0.1, 0.15) is 43.9 Å². The summed E-state index contributed by atoms with van der Waals surface area (Å²) < 4.78 is 24.1. The fraction of sp³-hybridized carbons (Fsp3) is 0.500. The number of piperidine rings is 1. The number of carbonyl (C=O) groups is 1. The van der Waals surface area contributed by atoms with Gasteiger partial charge in [0.2, 0.25) is 5.91 Å². The molecule has 1 amide bonds. The topological polar surface area (TPSA) is 50.8 Å². The van der Waals surface area contributed by atoms with Crippen LogP contribution in [0.25, 0.3) is 0 Å². The summed E-state index contributed by atoms with van der Waals surface area (Å²) in [5.41, 5.74) is 2.07. The van der Waals surface area contributed by atoms with Gasteiger partial charge in [0.1, 0.15) is 17.3 Å². The Bertz CT molecular complexity index is 877. The summed E-state index contributed by atoms with van der Waals surface area (Å²) in [7, 11) is 3.35. The fourth-order valence-electron chi connectivity index (χ4n) is 4.35. The zero-order chi connectivity index (χ0) is 23.1. The third-order valence-electron chi connectivity index (χ3n) is 6.34. The first-order valence-electron chi connectivity index (χ1n) is 11.4. The van der Waals surface area contributed by atoms with E-state index in [9.17, 15) is 9.18 Å². The smallest absolute Gasteiger partial charge is 0.223 e. The Balaban J connectivity index is 1.51. The van der Waals surface area contributed by atoms with Crippen molar-refractivity contribution in [3.63, 3.8) is 0 Å². The molecule has 0 spiro atoms. The summed E-state index contributed by atoms with van der Waals surface area (Å²) in [5.74, 6) is 1.78.